The van der Waals surface area contributed by atoms with Crippen LogP contribution in [0.5, 0.6) is 11.5 Å². The summed E-state index contributed by atoms with van der Waals surface area (Å²) in [6.45, 7) is 3.61. The first kappa shape index (κ1) is 16.3. The minimum Gasteiger partial charge on any atom is -0.508 e. The Labute approximate surface area is 141 Å². The van der Waals surface area contributed by atoms with Crippen LogP contribution >= 0.6 is 0 Å². The van der Waals surface area contributed by atoms with Gasteiger partial charge in [0.15, 0.2) is 0 Å². The zero-order chi connectivity index (χ0) is 17.3. The van der Waals surface area contributed by atoms with Gasteiger partial charge in [0.1, 0.15) is 16.4 Å². The van der Waals surface area contributed by atoms with Crippen LogP contribution < -0.4 is 4.74 Å². The van der Waals surface area contributed by atoms with Gasteiger partial charge >= 0.3 is 0 Å². The Morgan fingerprint density at radius 2 is 1.62 bits per heavy atom. The number of sulfone groups is 1. The number of fused-ring (bicyclic) bond motifs is 1. The first-order chi connectivity index (χ1) is 11.4. The van der Waals surface area contributed by atoms with Gasteiger partial charge in [0.2, 0.25) is 9.84 Å². The third-order valence-corrected chi connectivity index (χ3v) is 5.47. The molecule has 0 saturated heterocycles. The largest absolute Gasteiger partial charge is 0.508 e. The molecule has 0 saturated carbocycles. The number of hydrogen-bond donors (Lipinski definition) is 1. The van der Waals surface area contributed by atoms with Gasteiger partial charge in [-0.05, 0) is 37.4 Å². The van der Waals surface area contributed by atoms with E-state index in [2.05, 4.69) is 0 Å². The first-order valence-electron chi connectivity index (χ1n) is 7.62. The highest BCUT2D eigenvalue weighted by Crippen LogP contribution is 2.35. The van der Waals surface area contributed by atoms with Crippen LogP contribution in [0, 0.1) is 0 Å². The minimum atomic E-state index is -3.79. The van der Waals surface area contributed by atoms with E-state index in [0.717, 1.165) is 5.39 Å². The summed E-state index contributed by atoms with van der Waals surface area (Å²) in [7, 11) is -3.79. The summed E-state index contributed by atoms with van der Waals surface area (Å²) in [6.07, 6.45) is -0.215. The van der Waals surface area contributed by atoms with Crippen molar-refractivity contribution in [2.24, 2.45) is 0 Å². The quantitative estimate of drug-likeness (QED) is 0.773. The molecule has 5 heteroatoms. The molecule has 0 aliphatic carbocycles. The molecule has 3 rings (SSSR count). The molecule has 124 valence electrons. The molecule has 0 amide bonds. The third-order valence-electron chi connectivity index (χ3n) is 3.62. The van der Waals surface area contributed by atoms with Gasteiger partial charge in [0.25, 0.3) is 0 Å². The van der Waals surface area contributed by atoms with Gasteiger partial charge in [-0.2, -0.15) is 0 Å². The van der Waals surface area contributed by atoms with E-state index in [1.165, 1.54) is 18.2 Å². The molecule has 24 heavy (non-hydrogen) atoms. The predicted molar refractivity (Wildman–Crippen MR) is 93.3 cm³/mol. The molecule has 0 fully saturated rings. The Kier molecular flexibility index (Phi) is 4.20. The minimum absolute atomic E-state index is 0.0393. The topological polar surface area (TPSA) is 63.6 Å². The van der Waals surface area contributed by atoms with E-state index in [1.54, 1.807) is 32.0 Å². The molecule has 4 nitrogen and oxygen atoms in total. The fourth-order valence-corrected chi connectivity index (χ4v) is 4.20. The molecule has 0 aromatic heterocycles. The van der Waals surface area contributed by atoms with Crippen LogP contribution in [0.1, 0.15) is 13.8 Å². The second kappa shape index (κ2) is 6.17. The summed E-state index contributed by atoms with van der Waals surface area (Å²) in [6, 6.07) is 16.6. The highest BCUT2D eigenvalue weighted by molar-refractivity contribution is 7.91. The molecule has 1 N–H and O–H groups in total. The van der Waals surface area contributed by atoms with Crippen LogP contribution in [0.3, 0.4) is 0 Å². The molecular weight excluding hydrogens is 324 g/mol. The standard InChI is InChI=1S/C19H18O4S/c1-13(2)23-17-12-15(20)10-11-19(17)24(21,22)18-9-5-7-14-6-3-4-8-16(14)18/h3-13,20H,1-2H3. The van der Waals surface area contributed by atoms with Crippen LogP contribution in [-0.4, -0.2) is 19.6 Å². The second-order valence-electron chi connectivity index (χ2n) is 5.78. The number of ether oxygens (including phenoxy) is 1. The maximum Gasteiger partial charge on any atom is 0.210 e. The summed E-state index contributed by atoms with van der Waals surface area (Å²) < 4.78 is 32.0. The fraction of sp³-hybridized carbons (Fsp3) is 0.158. The number of aromatic hydroxyl groups is 1. The SMILES string of the molecule is CC(C)Oc1cc(O)ccc1S(=O)(=O)c1cccc2ccccc12. The Bertz CT molecular complexity index is 986. The summed E-state index contributed by atoms with van der Waals surface area (Å²) >= 11 is 0. The van der Waals surface area contributed by atoms with Crippen molar-refractivity contribution in [2.45, 2.75) is 29.7 Å². The monoisotopic (exact) mass is 342 g/mol. The van der Waals surface area contributed by atoms with Gasteiger partial charge in [-0.25, -0.2) is 8.42 Å². The van der Waals surface area contributed by atoms with Crippen molar-refractivity contribution in [3.63, 3.8) is 0 Å². The van der Waals surface area contributed by atoms with Gasteiger partial charge in [0, 0.05) is 11.5 Å². The van der Waals surface area contributed by atoms with Crippen molar-refractivity contribution in [2.75, 3.05) is 0 Å². The molecule has 3 aromatic carbocycles. The highest BCUT2D eigenvalue weighted by atomic mass is 32.2. The van der Waals surface area contributed by atoms with E-state index >= 15 is 0 Å². The Morgan fingerprint density at radius 3 is 2.38 bits per heavy atom. The van der Waals surface area contributed by atoms with E-state index in [4.69, 9.17) is 4.74 Å². The normalized spacial score (nSPS) is 11.8. The third kappa shape index (κ3) is 2.95. The summed E-state index contributed by atoms with van der Waals surface area (Å²) in [5, 5.41) is 11.2. The van der Waals surface area contributed by atoms with Crippen molar-refractivity contribution in [3.05, 3.63) is 60.7 Å². The Hall–Kier alpha value is -2.53. The van der Waals surface area contributed by atoms with Crippen molar-refractivity contribution in [1.29, 1.82) is 0 Å². The zero-order valence-corrected chi connectivity index (χ0v) is 14.2. The van der Waals surface area contributed by atoms with Crippen LogP contribution in [0.2, 0.25) is 0 Å². The Balaban J connectivity index is 2.25. The maximum atomic E-state index is 13.2. The van der Waals surface area contributed by atoms with Crippen LogP contribution in [0.15, 0.2) is 70.5 Å². The van der Waals surface area contributed by atoms with Gasteiger partial charge in [-0.1, -0.05) is 36.4 Å². The lowest BCUT2D eigenvalue weighted by Crippen LogP contribution is -2.11. The van der Waals surface area contributed by atoms with Crippen LogP contribution in [-0.2, 0) is 9.84 Å². The summed E-state index contributed by atoms with van der Waals surface area (Å²) in [4.78, 5) is 0.269. The predicted octanol–water partition coefficient (Wildman–Crippen LogP) is 4.17. The smallest absolute Gasteiger partial charge is 0.210 e. The number of hydrogen-bond acceptors (Lipinski definition) is 4. The second-order valence-corrected chi connectivity index (χ2v) is 7.66. The number of rotatable bonds is 4. The van der Waals surface area contributed by atoms with E-state index < -0.39 is 9.84 Å². The lowest BCUT2D eigenvalue weighted by atomic mass is 10.1. The lowest BCUT2D eigenvalue weighted by Gasteiger charge is -2.15. The van der Waals surface area contributed by atoms with Gasteiger partial charge in [0.05, 0.1) is 11.0 Å². The molecule has 0 radical (unpaired) electrons. The van der Waals surface area contributed by atoms with Gasteiger partial charge in [-0.15, -0.1) is 0 Å². The number of phenolic OH excluding ortho intramolecular Hbond substituents is 1. The number of benzene rings is 3. The average Bonchev–Trinajstić information content (AvgIpc) is 2.53. The van der Waals surface area contributed by atoms with Gasteiger partial charge in [-0.3, -0.25) is 0 Å². The molecule has 3 aromatic rings. The molecule has 0 aliphatic heterocycles. The van der Waals surface area contributed by atoms with E-state index in [0.29, 0.717) is 5.39 Å². The molecule has 0 bridgehead atoms. The van der Waals surface area contributed by atoms with Crippen LogP contribution in [0.4, 0.5) is 0 Å². The first-order valence-corrected chi connectivity index (χ1v) is 9.10. The Morgan fingerprint density at radius 1 is 0.917 bits per heavy atom. The van der Waals surface area contributed by atoms with E-state index in [9.17, 15) is 13.5 Å². The zero-order valence-electron chi connectivity index (χ0n) is 13.4. The molecule has 0 atom stereocenters. The average molecular weight is 342 g/mol. The van der Waals surface area contributed by atoms with E-state index in [1.807, 2.05) is 24.3 Å². The van der Waals surface area contributed by atoms with E-state index in [-0.39, 0.29) is 27.4 Å². The fourth-order valence-electron chi connectivity index (χ4n) is 2.61. The maximum absolute atomic E-state index is 13.2. The lowest BCUT2D eigenvalue weighted by molar-refractivity contribution is 0.235. The summed E-state index contributed by atoms with van der Waals surface area (Å²) in [5.74, 6) is 0.112. The highest BCUT2D eigenvalue weighted by Gasteiger charge is 2.25. The van der Waals surface area contributed by atoms with Crippen molar-refractivity contribution in [1.82, 2.24) is 0 Å². The molecular formula is C19H18O4S. The molecule has 0 unspecified atom stereocenters. The summed E-state index contributed by atoms with van der Waals surface area (Å²) in [5.41, 5.74) is 0. The van der Waals surface area contributed by atoms with Crippen molar-refractivity contribution < 1.29 is 18.3 Å². The molecule has 0 spiro atoms. The van der Waals surface area contributed by atoms with Crippen LogP contribution in [0.25, 0.3) is 10.8 Å². The number of phenols is 1. The molecule has 0 aliphatic rings. The molecule has 0 heterocycles. The van der Waals surface area contributed by atoms with Crippen molar-refractivity contribution in [3.8, 4) is 11.5 Å². The van der Waals surface area contributed by atoms with Crippen molar-refractivity contribution >= 4 is 20.6 Å². The van der Waals surface area contributed by atoms with Gasteiger partial charge < -0.3 is 9.84 Å².